The Kier molecular flexibility index (Phi) is 4.46. The van der Waals surface area contributed by atoms with E-state index in [1.165, 1.54) is 18.4 Å². The van der Waals surface area contributed by atoms with Crippen molar-refractivity contribution in [3.05, 3.63) is 23.9 Å². The van der Waals surface area contributed by atoms with Crippen molar-refractivity contribution in [3.8, 4) is 0 Å². The van der Waals surface area contributed by atoms with Crippen LogP contribution in [0.4, 0.5) is 5.82 Å². The number of piperidine rings is 1. The summed E-state index contributed by atoms with van der Waals surface area (Å²) in [6, 6.07) is 4.75. The van der Waals surface area contributed by atoms with E-state index in [1.807, 2.05) is 6.20 Å². The molecular weight excluding hydrogens is 234 g/mol. The molecule has 19 heavy (non-hydrogen) atoms. The third-order valence-corrected chi connectivity index (χ3v) is 4.22. The lowest BCUT2D eigenvalue weighted by molar-refractivity contribution is 0.279. The highest BCUT2D eigenvalue weighted by atomic mass is 15.2. The lowest BCUT2D eigenvalue weighted by atomic mass is 9.83. The molecule has 3 heteroatoms. The van der Waals surface area contributed by atoms with E-state index in [2.05, 4.69) is 55.0 Å². The average molecular weight is 261 g/mol. The van der Waals surface area contributed by atoms with Gasteiger partial charge in [-0.05, 0) is 49.4 Å². The molecule has 1 saturated heterocycles. The zero-order valence-corrected chi connectivity index (χ0v) is 12.7. The number of hydrogen-bond acceptors (Lipinski definition) is 3. The summed E-state index contributed by atoms with van der Waals surface area (Å²) in [5.41, 5.74) is 1.82. The minimum atomic E-state index is 0.396. The topological polar surface area (TPSA) is 28.2 Å². The second-order valence-electron chi connectivity index (χ2n) is 6.38. The molecule has 0 bridgehead atoms. The van der Waals surface area contributed by atoms with Crippen molar-refractivity contribution in [1.29, 1.82) is 0 Å². The van der Waals surface area contributed by atoms with Gasteiger partial charge in [-0.25, -0.2) is 4.98 Å². The smallest absolute Gasteiger partial charge is 0.128 e. The lowest BCUT2D eigenvalue weighted by Crippen LogP contribution is -2.37. The zero-order chi connectivity index (χ0) is 13.9. The van der Waals surface area contributed by atoms with E-state index in [0.717, 1.165) is 25.5 Å². The summed E-state index contributed by atoms with van der Waals surface area (Å²) in [5, 5.41) is 3.46. The number of nitrogens with one attached hydrogen (secondary N) is 1. The van der Waals surface area contributed by atoms with E-state index in [4.69, 9.17) is 0 Å². The molecular formula is C16H27N3. The number of aromatic nitrogens is 1. The van der Waals surface area contributed by atoms with Gasteiger partial charge in [0.05, 0.1) is 0 Å². The number of pyridine rings is 1. The molecule has 1 aliphatic heterocycles. The highest BCUT2D eigenvalue weighted by Crippen LogP contribution is 2.31. The first-order valence-corrected chi connectivity index (χ1v) is 7.46. The summed E-state index contributed by atoms with van der Waals surface area (Å²) in [6.07, 6.45) is 4.45. The highest BCUT2D eigenvalue weighted by molar-refractivity contribution is 5.42. The van der Waals surface area contributed by atoms with Gasteiger partial charge in [-0.3, -0.25) is 0 Å². The molecule has 2 rings (SSSR count). The van der Waals surface area contributed by atoms with E-state index in [0.29, 0.717) is 11.5 Å². The molecule has 0 spiro atoms. The minimum absolute atomic E-state index is 0.396. The Hall–Kier alpha value is -1.09. The van der Waals surface area contributed by atoms with Crippen LogP contribution in [-0.4, -0.2) is 24.6 Å². The van der Waals surface area contributed by atoms with Crippen molar-refractivity contribution in [1.82, 2.24) is 10.3 Å². The molecule has 2 heterocycles. The van der Waals surface area contributed by atoms with Crippen molar-refractivity contribution in [3.63, 3.8) is 0 Å². The SMILES string of the molecule is CCNC(C)c1ccnc(N2CCC(C)(C)CC2)c1. The lowest BCUT2D eigenvalue weighted by Gasteiger charge is -2.37. The number of anilines is 1. The van der Waals surface area contributed by atoms with Gasteiger partial charge in [-0.2, -0.15) is 0 Å². The number of hydrogen-bond donors (Lipinski definition) is 1. The largest absolute Gasteiger partial charge is 0.357 e. The fraction of sp³-hybridized carbons (Fsp3) is 0.688. The van der Waals surface area contributed by atoms with Gasteiger partial charge in [0.15, 0.2) is 0 Å². The second-order valence-corrected chi connectivity index (χ2v) is 6.38. The third-order valence-electron chi connectivity index (χ3n) is 4.22. The van der Waals surface area contributed by atoms with Gasteiger partial charge in [0.25, 0.3) is 0 Å². The Morgan fingerprint density at radius 2 is 2.05 bits per heavy atom. The van der Waals surface area contributed by atoms with Crippen LogP contribution >= 0.6 is 0 Å². The monoisotopic (exact) mass is 261 g/mol. The quantitative estimate of drug-likeness (QED) is 0.900. The first kappa shape index (κ1) is 14.3. The van der Waals surface area contributed by atoms with Gasteiger partial charge in [0.1, 0.15) is 5.82 Å². The van der Waals surface area contributed by atoms with E-state index in [9.17, 15) is 0 Å². The van der Waals surface area contributed by atoms with Crippen LogP contribution in [0.3, 0.4) is 0 Å². The van der Waals surface area contributed by atoms with Crippen molar-refractivity contribution in [2.45, 2.75) is 46.6 Å². The molecule has 3 nitrogen and oxygen atoms in total. The molecule has 1 unspecified atom stereocenters. The molecule has 0 amide bonds. The molecule has 1 aliphatic rings. The summed E-state index contributed by atoms with van der Waals surface area (Å²) in [5.74, 6) is 1.14. The van der Waals surface area contributed by atoms with Gasteiger partial charge < -0.3 is 10.2 Å². The Morgan fingerprint density at radius 3 is 2.68 bits per heavy atom. The van der Waals surface area contributed by atoms with E-state index >= 15 is 0 Å². The van der Waals surface area contributed by atoms with Gasteiger partial charge in [0, 0.05) is 25.3 Å². The molecule has 106 valence electrons. The summed E-state index contributed by atoms with van der Waals surface area (Å²) >= 11 is 0. The fourth-order valence-corrected chi connectivity index (χ4v) is 2.64. The van der Waals surface area contributed by atoms with Crippen LogP contribution in [0.2, 0.25) is 0 Å². The zero-order valence-electron chi connectivity index (χ0n) is 12.7. The van der Waals surface area contributed by atoms with Crippen LogP contribution in [0.1, 0.15) is 52.1 Å². The van der Waals surface area contributed by atoms with E-state index in [-0.39, 0.29) is 0 Å². The summed E-state index contributed by atoms with van der Waals surface area (Å²) < 4.78 is 0. The molecule has 1 fully saturated rings. The van der Waals surface area contributed by atoms with Gasteiger partial charge in [0.2, 0.25) is 0 Å². The Bertz CT molecular complexity index is 404. The maximum Gasteiger partial charge on any atom is 0.128 e. The maximum atomic E-state index is 4.55. The molecule has 0 saturated carbocycles. The third kappa shape index (κ3) is 3.69. The molecule has 1 N–H and O–H groups in total. The number of nitrogens with zero attached hydrogens (tertiary/aromatic N) is 2. The molecule has 0 aromatic carbocycles. The predicted octanol–water partition coefficient (Wildman–Crippen LogP) is 3.38. The Labute approximate surface area is 117 Å². The summed E-state index contributed by atoms with van der Waals surface area (Å²) in [4.78, 5) is 6.98. The normalized spacial score (nSPS) is 20.3. The van der Waals surface area contributed by atoms with Gasteiger partial charge in [-0.1, -0.05) is 20.8 Å². The van der Waals surface area contributed by atoms with Crippen molar-refractivity contribution in [2.24, 2.45) is 5.41 Å². The van der Waals surface area contributed by atoms with Crippen LogP contribution in [0.5, 0.6) is 0 Å². The molecule has 1 aromatic rings. The maximum absolute atomic E-state index is 4.55. The molecule has 0 radical (unpaired) electrons. The second kappa shape index (κ2) is 5.91. The molecule has 1 atom stereocenters. The minimum Gasteiger partial charge on any atom is -0.357 e. The van der Waals surface area contributed by atoms with Crippen LogP contribution in [-0.2, 0) is 0 Å². The Balaban J connectivity index is 2.07. The van der Waals surface area contributed by atoms with Gasteiger partial charge in [-0.15, -0.1) is 0 Å². The van der Waals surface area contributed by atoms with Crippen molar-refractivity contribution in [2.75, 3.05) is 24.5 Å². The molecule has 1 aromatic heterocycles. The van der Waals surface area contributed by atoms with E-state index < -0.39 is 0 Å². The first-order valence-electron chi connectivity index (χ1n) is 7.46. The molecule has 0 aliphatic carbocycles. The van der Waals surface area contributed by atoms with Crippen LogP contribution in [0.25, 0.3) is 0 Å². The summed E-state index contributed by atoms with van der Waals surface area (Å²) in [7, 11) is 0. The fourth-order valence-electron chi connectivity index (χ4n) is 2.64. The standard InChI is InChI=1S/C16H27N3/c1-5-17-13(2)14-6-9-18-15(12-14)19-10-7-16(3,4)8-11-19/h6,9,12-13,17H,5,7-8,10-11H2,1-4H3. The summed E-state index contributed by atoms with van der Waals surface area (Å²) in [6.45, 7) is 12.3. The predicted molar refractivity (Wildman–Crippen MR) is 81.6 cm³/mol. The first-order chi connectivity index (χ1) is 9.02. The average Bonchev–Trinajstić information content (AvgIpc) is 2.39. The van der Waals surface area contributed by atoms with Crippen LogP contribution in [0, 0.1) is 5.41 Å². The van der Waals surface area contributed by atoms with Crippen LogP contribution in [0.15, 0.2) is 18.3 Å². The van der Waals surface area contributed by atoms with E-state index in [1.54, 1.807) is 0 Å². The highest BCUT2D eigenvalue weighted by Gasteiger charge is 2.26. The number of rotatable bonds is 4. The Morgan fingerprint density at radius 1 is 1.37 bits per heavy atom. The van der Waals surface area contributed by atoms with Gasteiger partial charge >= 0.3 is 0 Å². The van der Waals surface area contributed by atoms with Crippen LogP contribution < -0.4 is 10.2 Å². The van der Waals surface area contributed by atoms with Crippen molar-refractivity contribution < 1.29 is 0 Å². The van der Waals surface area contributed by atoms with Crippen molar-refractivity contribution >= 4 is 5.82 Å².